The van der Waals surface area contributed by atoms with Crippen molar-refractivity contribution in [1.82, 2.24) is 19.8 Å². The fraction of sp³-hybridized carbons (Fsp3) is 0.385. The molecule has 0 saturated carbocycles. The van der Waals surface area contributed by atoms with E-state index in [-0.39, 0.29) is 11.8 Å². The maximum Gasteiger partial charge on any atom is 0.230 e. The second-order valence-corrected chi connectivity index (χ2v) is 8.57. The number of hydrogen-bond acceptors (Lipinski definition) is 3. The van der Waals surface area contributed by atoms with Crippen LogP contribution < -0.4 is 0 Å². The fourth-order valence-corrected chi connectivity index (χ4v) is 5.30. The summed E-state index contributed by atoms with van der Waals surface area (Å²) in [6.45, 7) is 7.30. The number of fused-ring (bicyclic) bond motifs is 2. The number of aromatic amines is 1. The van der Waals surface area contributed by atoms with E-state index >= 15 is 0 Å². The van der Waals surface area contributed by atoms with Crippen LogP contribution in [-0.4, -0.2) is 57.9 Å². The summed E-state index contributed by atoms with van der Waals surface area (Å²) in [4.78, 5) is 25.8. The summed E-state index contributed by atoms with van der Waals surface area (Å²) in [5, 5.41) is 1.32. The molecule has 5 rings (SSSR count). The van der Waals surface area contributed by atoms with Crippen LogP contribution in [-0.2, 0) is 17.6 Å². The lowest BCUT2D eigenvalue weighted by Gasteiger charge is -2.42. The molecule has 1 aliphatic carbocycles. The van der Waals surface area contributed by atoms with E-state index < -0.39 is 0 Å². The van der Waals surface area contributed by atoms with Crippen LogP contribution in [0.2, 0.25) is 0 Å². The first-order valence-electron chi connectivity index (χ1n) is 11.4. The average molecular weight is 415 g/mol. The van der Waals surface area contributed by atoms with Crippen molar-refractivity contribution in [3.63, 3.8) is 0 Å². The number of nitrogens with one attached hydrogen (secondary N) is 1. The van der Waals surface area contributed by atoms with Gasteiger partial charge < -0.3 is 9.88 Å². The number of H-pyrrole nitrogens is 1. The van der Waals surface area contributed by atoms with E-state index in [2.05, 4.69) is 65.3 Å². The Morgan fingerprint density at radius 1 is 1.19 bits per heavy atom. The molecule has 5 heteroatoms. The molecular formula is C26H30N4O. The fourth-order valence-electron chi connectivity index (χ4n) is 5.30. The molecule has 160 valence electrons. The van der Waals surface area contributed by atoms with Crippen LogP contribution in [0.3, 0.4) is 0 Å². The summed E-state index contributed by atoms with van der Waals surface area (Å²) >= 11 is 0. The van der Waals surface area contributed by atoms with Gasteiger partial charge in [-0.25, -0.2) is 0 Å². The number of carbonyl (C=O) groups is 1. The standard InChI is InChI=1S/C26H30N4O/c1-3-29(4-2)26(31)19-14-22-21-9-7-10-23-25(21)18(16-28-23)15-24(22)30(17-19)13-11-20-8-5-6-12-27-20/h5-10,12,14,16,19,24,28H,3-4,11,13,15,17H2,1-2H3. The van der Waals surface area contributed by atoms with Crippen LogP contribution >= 0.6 is 0 Å². The van der Waals surface area contributed by atoms with E-state index in [4.69, 9.17) is 0 Å². The van der Waals surface area contributed by atoms with Crippen LogP contribution in [0, 0.1) is 5.92 Å². The molecule has 2 aliphatic rings. The molecular weight excluding hydrogens is 384 g/mol. The third-order valence-electron chi connectivity index (χ3n) is 6.90. The summed E-state index contributed by atoms with van der Waals surface area (Å²) in [6.07, 6.45) is 8.16. The molecule has 3 aromatic rings. The molecule has 0 fully saturated rings. The number of benzene rings is 1. The second kappa shape index (κ2) is 8.31. The highest BCUT2D eigenvalue weighted by atomic mass is 16.2. The van der Waals surface area contributed by atoms with Crippen LogP contribution in [0.25, 0.3) is 16.5 Å². The number of aromatic nitrogens is 2. The van der Waals surface area contributed by atoms with Crippen molar-refractivity contribution in [3.05, 3.63) is 71.7 Å². The number of hydrogen-bond donors (Lipinski definition) is 1. The summed E-state index contributed by atoms with van der Waals surface area (Å²) in [7, 11) is 0. The number of rotatable bonds is 6. The number of pyridine rings is 1. The third-order valence-corrected chi connectivity index (χ3v) is 6.90. The van der Waals surface area contributed by atoms with Crippen molar-refractivity contribution >= 4 is 22.4 Å². The highest BCUT2D eigenvalue weighted by Crippen LogP contribution is 2.41. The molecule has 5 nitrogen and oxygen atoms in total. The van der Waals surface area contributed by atoms with Crippen LogP contribution in [0.5, 0.6) is 0 Å². The van der Waals surface area contributed by atoms with Gasteiger partial charge >= 0.3 is 0 Å². The minimum Gasteiger partial charge on any atom is -0.361 e. The maximum atomic E-state index is 13.3. The highest BCUT2D eigenvalue weighted by Gasteiger charge is 2.37. The lowest BCUT2D eigenvalue weighted by molar-refractivity contribution is -0.134. The molecule has 2 atom stereocenters. The Kier molecular flexibility index (Phi) is 5.36. The highest BCUT2D eigenvalue weighted by molar-refractivity contribution is 5.99. The van der Waals surface area contributed by atoms with Gasteiger partial charge in [0.05, 0.1) is 5.92 Å². The first kappa shape index (κ1) is 20.0. The topological polar surface area (TPSA) is 52.2 Å². The smallest absolute Gasteiger partial charge is 0.230 e. The zero-order valence-electron chi connectivity index (χ0n) is 18.3. The minimum atomic E-state index is -0.106. The SMILES string of the molecule is CCN(CC)C(=O)C1C=C2c3cccc4[nH]cc(c34)CC2N(CCc2ccccn2)C1. The van der Waals surface area contributed by atoms with Gasteiger partial charge in [-0.15, -0.1) is 0 Å². The second-order valence-electron chi connectivity index (χ2n) is 8.57. The van der Waals surface area contributed by atoms with Crippen molar-refractivity contribution in [3.8, 4) is 0 Å². The Labute approximate surface area is 183 Å². The largest absolute Gasteiger partial charge is 0.361 e. The van der Waals surface area contributed by atoms with E-state index in [1.165, 1.54) is 27.6 Å². The van der Waals surface area contributed by atoms with Gasteiger partial charge in [-0.05, 0) is 55.2 Å². The normalized spacial score (nSPS) is 20.4. The summed E-state index contributed by atoms with van der Waals surface area (Å²) in [5.41, 5.74) is 6.26. The molecule has 0 spiro atoms. The van der Waals surface area contributed by atoms with E-state index in [1.807, 2.05) is 23.2 Å². The predicted molar refractivity (Wildman–Crippen MR) is 125 cm³/mol. The van der Waals surface area contributed by atoms with Gasteiger partial charge in [0.1, 0.15) is 0 Å². The van der Waals surface area contributed by atoms with Crippen molar-refractivity contribution in [2.45, 2.75) is 32.7 Å². The molecule has 31 heavy (non-hydrogen) atoms. The number of nitrogens with zero attached hydrogens (tertiary/aromatic N) is 3. The van der Waals surface area contributed by atoms with Crippen LogP contribution in [0.1, 0.15) is 30.7 Å². The predicted octanol–water partition coefficient (Wildman–Crippen LogP) is 3.91. The monoisotopic (exact) mass is 414 g/mol. The first-order chi connectivity index (χ1) is 15.2. The van der Waals surface area contributed by atoms with E-state index in [0.717, 1.165) is 44.7 Å². The van der Waals surface area contributed by atoms with Gasteiger partial charge in [0.15, 0.2) is 0 Å². The Morgan fingerprint density at radius 3 is 2.84 bits per heavy atom. The van der Waals surface area contributed by atoms with Gasteiger partial charge in [-0.1, -0.05) is 24.3 Å². The van der Waals surface area contributed by atoms with Crippen molar-refractivity contribution < 1.29 is 4.79 Å². The quantitative estimate of drug-likeness (QED) is 0.665. The van der Waals surface area contributed by atoms with Gasteiger partial charge in [0, 0.05) is 67.6 Å². The molecule has 0 radical (unpaired) electrons. The van der Waals surface area contributed by atoms with E-state index in [0.29, 0.717) is 6.04 Å². The molecule has 1 amide bonds. The number of amides is 1. The average Bonchev–Trinajstić information content (AvgIpc) is 3.23. The summed E-state index contributed by atoms with van der Waals surface area (Å²) in [5.74, 6) is 0.136. The maximum absolute atomic E-state index is 13.3. The van der Waals surface area contributed by atoms with Gasteiger partial charge in [0.2, 0.25) is 5.91 Å². The Morgan fingerprint density at radius 2 is 2.06 bits per heavy atom. The lowest BCUT2D eigenvalue weighted by atomic mass is 9.79. The Bertz CT molecular complexity index is 1110. The Hall–Kier alpha value is -2.92. The zero-order valence-corrected chi connectivity index (χ0v) is 18.3. The molecule has 3 heterocycles. The molecule has 1 aromatic carbocycles. The van der Waals surface area contributed by atoms with E-state index in [1.54, 1.807) is 0 Å². The molecule has 1 N–H and O–H groups in total. The third kappa shape index (κ3) is 3.57. The van der Waals surface area contributed by atoms with Gasteiger partial charge in [-0.3, -0.25) is 14.7 Å². The first-order valence-corrected chi connectivity index (χ1v) is 11.4. The Balaban J connectivity index is 1.52. The van der Waals surface area contributed by atoms with E-state index in [9.17, 15) is 4.79 Å². The number of carbonyl (C=O) groups excluding carboxylic acids is 1. The lowest BCUT2D eigenvalue weighted by Crippen LogP contribution is -2.49. The molecule has 0 saturated heterocycles. The van der Waals surface area contributed by atoms with Crippen molar-refractivity contribution in [2.24, 2.45) is 5.92 Å². The van der Waals surface area contributed by atoms with Gasteiger partial charge in [0.25, 0.3) is 0 Å². The van der Waals surface area contributed by atoms with Crippen LogP contribution in [0.4, 0.5) is 0 Å². The van der Waals surface area contributed by atoms with Crippen LogP contribution in [0.15, 0.2) is 54.9 Å². The molecule has 0 bridgehead atoms. The van der Waals surface area contributed by atoms with Crippen molar-refractivity contribution in [2.75, 3.05) is 26.2 Å². The minimum absolute atomic E-state index is 0.106. The zero-order chi connectivity index (χ0) is 21.4. The summed E-state index contributed by atoms with van der Waals surface area (Å²) in [6, 6.07) is 12.9. The van der Waals surface area contributed by atoms with Crippen molar-refractivity contribution in [1.29, 1.82) is 0 Å². The van der Waals surface area contributed by atoms with Gasteiger partial charge in [-0.2, -0.15) is 0 Å². The molecule has 1 aliphatic heterocycles. The molecule has 2 unspecified atom stereocenters. The summed E-state index contributed by atoms with van der Waals surface area (Å²) < 4.78 is 0. The molecule has 2 aromatic heterocycles.